The highest BCUT2D eigenvalue weighted by atomic mass is 16.5. The van der Waals surface area contributed by atoms with Crippen molar-refractivity contribution in [3.63, 3.8) is 0 Å². The largest absolute Gasteiger partial charge is 0.491 e. The number of hydrogen-bond donors (Lipinski definition) is 2. The minimum Gasteiger partial charge on any atom is -0.491 e. The van der Waals surface area contributed by atoms with Crippen LogP contribution in [0.25, 0.3) is 0 Å². The molecule has 0 radical (unpaired) electrons. The highest BCUT2D eigenvalue weighted by molar-refractivity contribution is 5.76. The molecule has 1 heterocycles. The Bertz CT molecular complexity index is 413. The molecule has 1 saturated heterocycles. The summed E-state index contributed by atoms with van der Waals surface area (Å²) in [6.07, 6.45) is 0.613. The Hall–Kier alpha value is -1.55. The van der Waals surface area contributed by atoms with Gasteiger partial charge in [-0.25, -0.2) is 0 Å². The van der Waals surface area contributed by atoms with Gasteiger partial charge in [0.25, 0.3) is 0 Å². The molecule has 1 fully saturated rings. The molecule has 4 heteroatoms. The fourth-order valence-corrected chi connectivity index (χ4v) is 1.99. The molecule has 0 bridgehead atoms. The average molecular weight is 262 g/mol. The lowest BCUT2D eigenvalue weighted by Crippen LogP contribution is -2.46. The van der Waals surface area contributed by atoms with Gasteiger partial charge in [-0.2, -0.15) is 0 Å². The predicted molar refractivity (Wildman–Crippen MR) is 75.3 cm³/mol. The maximum atomic E-state index is 11.7. The molecule has 1 amide bonds. The fraction of sp³-hybridized carbons (Fsp3) is 0.533. The predicted octanol–water partition coefficient (Wildman–Crippen LogP) is 1.49. The number of nitrogens with one attached hydrogen (secondary N) is 2. The second-order valence-electron chi connectivity index (χ2n) is 5.32. The van der Waals surface area contributed by atoms with Crippen molar-refractivity contribution in [2.75, 3.05) is 19.7 Å². The summed E-state index contributed by atoms with van der Waals surface area (Å²) in [6, 6.07) is 7.96. The number of aryl methyl sites for hydroxylation is 1. The van der Waals surface area contributed by atoms with Crippen molar-refractivity contribution >= 4 is 5.91 Å². The van der Waals surface area contributed by atoms with E-state index in [2.05, 4.69) is 10.6 Å². The van der Waals surface area contributed by atoms with Gasteiger partial charge >= 0.3 is 0 Å². The van der Waals surface area contributed by atoms with Gasteiger partial charge in [0.1, 0.15) is 12.4 Å². The van der Waals surface area contributed by atoms with Crippen LogP contribution < -0.4 is 15.4 Å². The molecule has 0 aromatic heterocycles. The standard InChI is InChI=1S/C15H22N2O2/c1-11-3-5-14(6-4-11)19-10-12(2)17-15(18)7-13-8-16-9-13/h3-6,12-13,16H,7-10H2,1-2H3,(H,17,18). The second-order valence-corrected chi connectivity index (χ2v) is 5.32. The second kappa shape index (κ2) is 6.57. The van der Waals surface area contributed by atoms with Crippen LogP contribution in [0.1, 0.15) is 18.9 Å². The molecule has 1 unspecified atom stereocenters. The van der Waals surface area contributed by atoms with Crippen LogP contribution in [0.3, 0.4) is 0 Å². The van der Waals surface area contributed by atoms with Crippen molar-refractivity contribution in [3.8, 4) is 5.75 Å². The maximum Gasteiger partial charge on any atom is 0.220 e. The zero-order valence-electron chi connectivity index (χ0n) is 11.6. The van der Waals surface area contributed by atoms with Crippen molar-refractivity contribution in [1.82, 2.24) is 10.6 Å². The molecule has 1 aromatic rings. The van der Waals surface area contributed by atoms with E-state index in [1.165, 1.54) is 5.56 Å². The van der Waals surface area contributed by atoms with Crippen LogP contribution in [0, 0.1) is 12.8 Å². The van der Waals surface area contributed by atoms with Crippen molar-refractivity contribution in [3.05, 3.63) is 29.8 Å². The monoisotopic (exact) mass is 262 g/mol. The topological polar surface area (TPSA) is 50.4 Å². The Morgan fingerprint density at radius 1 is 1.42 bits per heavy atom. The fourth-order valence-electron chi connectivity index (χ4n) is 1.99. The molecule has 2 N–H and O–H groups in total. The summed E-state index contributed by atoms with van der Waals surface area (Å²) >= 11 is 0. The number of amides is 1. The van der Waals surface area contributed by atoms with Gasteiger partial charge in [0.05, 0.1) is 6.04 Å². The van der Waals surface area contributed by atoms with Crippen molar-refractivity contribution in [1.29, 1.82) is 0 Å². The molecule has 0 saturated carbocycles. The van der Waals surface area contributed by atoms with Crippen molar-refractivity contribution in [2.45, 2.75) is 26.3 Å². The van der Waals surface area contributed by atoms with E-state index in [-0.39, 0.29) is 11.9 Å². The van der Waals surface area contributed by atoms with Crippen LogP contribution in [0.2, 0.25) is 0 Å². The summed E-state index contributed by atoms with van der Waals surface area (Å²) in [4.78, 5) is 11.7. The third-order valence-corrected chi connectivity index (χ3v) is 3.27. The number of carbonyl (C=O) groups is 1. The van der Waals surface area contributed by atoms with Crippen molar-refractivity contribution in [2.24, 2.45) is 5.92 Å². The van der Waals surface area contributed by atoms with Gasteiger partial charge in [-0.05, 0) is 45.0 Å². The van der Waals surface area contributed by atoms with Gasteiger partial charge < -0.3 is 15.4 Å². The zero-order chi connectivity index (χ0) is 13.7. The summed E-state index contributed by atoms with van der Waals surface area (Å²) in [5.74, 6) is 1.46. The lowest BCUT2D eigenvalue weighted by Gasteiger charge is -2.27. The molecular weight excluding hydrogens is 240 g/mol. The first kappa shape index (κ1) is 13.9. The lowest BCUT2D eigenvalue weighted by molar-refractivity contribution is -0.123. The van der Waals surface area contributed by atoms with E-state index < -0.39 is 0 Å². The van der Waals surface area contributed by atoms with Crippen LogP contribution in [-0.2, 0) is 4.79 Å². The minimum atomic E-state index is 0.0295. The molecule has 4 nitrogen and oxygen atoms in total. The smallest absolute Gasteiger partial charge is 0.220 e. The molecule has 1 aliphatic rings. The molecule has 0 spiro atoms. The summed E-state index contributed by atoms with van der Waals surface area (Å²) in [7, 11) is 0. The van der Waals surface area contributed by atoms with Gasteiger partial charge in [-0.1, -0.05) is 17.7 Å². The van der Waals surface area contributed by atoms with E-state index in [4.69, 9.17) is 4.74 Å². The van der Waals surface area contributed by atoms with E-state index in [0.29, 0.717) is 18.9 Å². The van der Waals surface area contributed by atoms with Crippen LogP contribution >= 0.6 is 0 Å². The van der Waals surface area contributed by atoms with E-state index in [0.717, 1.165) is 18.8 Å². The SMILES string of the molecule is Cc1ccc(OCC(C)NC(=O)CC2CNC2)cc1. The summed E-state index contributed by atoms with van der Waals surface area (Å²) < 4.78 is 5.64. The lowest BCUT2D eigenvalue weighted by atomic mass is 9.99. The molecule has 1 atom stereocenters. The number of rotatable bonds is 6. The molecule has 1 aromatic carbocycles. The van der Waals surface area contributed by atoms with Crippen molar-refractivity contribution < 1.29 is 9.53 Å². The van der Waals surface area contributed by atoms with Crippen LogP contribution in [0.15, 0.2) is 24.3 Å². The molecule has 0 aliphatic carbocycles. The number of ether oxygens (including phenoxy) is 1. The van der Waals surface area contributed by atoms with Gasteiger partial charge in [-0.3, -0.25) is 4.79 Å². The van der Waals surface area contributed by atoms with Crippen LogP contribution in [0.4, 0.5) is 0 Å². The Labute approximate surface area is 114 Å². The Balaban J connectivity index is 1.67. The Kier molecular flexibility index (Phi) is 4.80. The number of benzene rings is 1. The molecule has 2 rings (SSSR count). The number of hydrogen-bond acceptors (Lipinski definition) is 3. The van der Waals surface area contributed by atoms with Gasteiger partial charge in [0.15, 0.2) is 0 Å². The van der Waals surface area contributed by atoms with Gasteiger partial charge in [-0.15, -0.1) is 0 Å². The average Bonchev–Trinajstić information content (AvgIpc) is 2.33. The van der Waals surface area contributed by atoms with Gasteiger partial charge in [0, 0.05) is 6.42 Å². The summed E-state index contributed by atoms with van der Waals surface area (Å²) in [6.45, 7) is 6.42. The van der Waals surface area contributed by atoms with E-state index in [1.807, 2.05) is 38.1 Å². The van der Waals surface area contributed by atoms with Crippen LogP contribution in [-0.4, -0.2) is 31.6 Å². The molecule has 19 heavy (non-hydrogen) atoms. The Morgan fingerprint density at radius 2 is 2.11 bits per heavy atom. The van der Waals surface area contributed by atoms with E-state index >= 15 is 0 Å². The highest BCUT2D eigenvalue weighted by Gasteiger charge is 2.20. The molecular formula is C15H22N2O2. The first-order chi connectivity index (χ1) is 9.13. The normalized spacial score (nSPS) is 16.5. The maximum absolute atomic E-state index is 11.7. The highest BCUT2D eigenvalue weighted by Crippen LogP contribution is 2.12. The molecule has 1 aliphatic heterocycles. The third-order valence-electron chi connectivity index (χ3n) is 3.27. The number of carbonyl (C=O) groups excluding carboxylic acids is 1. The first-order valence-electron chi connectivity index (χ1n) is 6.83. The first-order valence-corrected chi connectivity index (χ1v) is 6.83. The van der Waals surface area contributed by atoms with E-state index in [9.17, 15) is 4.79 Å². The summed E-state index contributed by atoms with van der Waals surface area (Å²) in [5, 5.41) is 6.14. The van der Waals surface area contributed by atoms with E-state index in [1.54, 1.807) is 0 Å². The minimum absolute atomic E-state index is 0.0295. The molecule has 104 valence electrons. The summed E-state index contributed by atoms with van der Waals surface area (Å²) in [5.41, 5.74) is 1.21. The Morgan fingerprint density at radius 3 is 2.68 bits per heavy atom. The quantitative estimate of drug-likeness (QED) is 0.816. The van der Waals surface area contributed by atoms with Crippen LogP contribution in [0.5, 0.6) is 5.75 Å². The zero-order valence-corrected chi connectivity index (χ0v) is 11.6. The third kappa shape index (κ3) is 4.56. The van der Waals surface area contributed by atoms with Gasteiger partial charge in [0.2, 0.25) is 5.91 Å².